The molecule has 0 aromatic carbocycles. The molecule has 1 fully saturated rings. The average molecular weight is 236 g/mol. The SMILES string of the molecule is CCc1cc(CC(NN)C2CCC2)n(CC)n1. The van der Waals surface area contributed by atoms with Gasteiger partial charge >= 0.3 is 0 Å². The molecule has 0 spiro atoms. The van der Waals surface area contributed by atoms with Gasteiger partial charge in [0.15, 0.2) is 0 Å². The van der Waals surface area contributed by atoms with E-state index in [2.05, 4.69) is 35.1 Å². The molecular weight excluding hydrogens is 212 g/mol. The molecule has 1 unspecified atom stereocenters. The molecule has 0 bridgehead atoms. The van der Waals surface area contributed by atoms with E-state index in [0.29, 0.717) is 6.04 Å². The number of rotatable bonds is 6. The zero-order chi connectivity index (χ0) is 12.3. The van der Waals surface area contributed by atoms with Gasteiger partial charge in [-0.15, -0.1) is 0 Å². The van der Waals surface area contributed by atoms with E-state index >= 15 is 0 Å². The molecule has 4 nitrogen and oxygen atoms in total. The Morgan fingerprint density at radius 1 is 1.53 bits per heavy atom. The van der Waals surface area contributed by atoms with E-state index in [0.717, 1.165) is 25.3 Å². The van der Waals surface area contributed by atoms with Crippen molar-refractivity contribution in [3.05, 3.63) is 17.5 Å². The molecule has 3 N–H and O–H groups in total. The van der Waals surface area contributed by atoms with Crippen LogP contribution >= 0.6 is 0 Å². The molecule has 17 heavy (non-hydrogen) atoms. The first-order chi connectivity index (χ1) is 8.28. The summed E-state index contributed by atoms with van der Waals surface area (Å²) in [5.74, 6) is 6.44. The van der Waals surface area contributed by atoms with E-state index in [1.807, 2.05) is 0 Å². The van der Waals surface area contributed by atoms with Gasteiger partial charge in [0.2, 0.25) is 0 Å². The minimum Gasteiger partial charge on any atom is -0.271 e. The molecule has 4 heteroatoms. The average Bonchev–Trinajstić information content (AvgIpc) is 2.68. The zero-order valence-corrected chi connectivity index (χ0v) is 10.9. The topological polar surface area (TPSA) is 55.9 Å². The maximum absolute atomic E-state index is 5.68. The lowest BCUT2D eigenvalue weighted by molar-refractivity contribution is 0.226. The summed E-state index contributed by atoms with van der Waals surface area (Å²) in [5.41, 5.74) is 5.49. The zero-order valence-electron chi connectivity index (χ0n) is 10.9. The smallest absolute Gasteiger partial charge is 0.0624 e. The molecule has 0 saturated heterocycles. The van der Waals surface area contributed by atoms with Crippen LogP contribution < -0.4 is 11.3 Å². The molecule has 0 aliphatic heterocycles. The Bertz CT molecular complexity index is 354. The Kier molecular flexibility index (Phi) is 4.18. The van der Waals surface area contributed by atoms with Crippen molar-refractivity contribution in [1.29, 1.82) is 0 Å². The largest absolute Gasteiger partial charge is 0.271 e. The minimum absolute atomic E-state index is 0.412. The Labute approximate surface area is 104 Å². The highest BCUT2D eigenvalue weighted by Gasteiger charge is 2.27. The first kappa shape index (κ1) is 12.6. The lowest BCUT2D eigenvalue weighted by Crippen LogP contribution is -2.45. The van der Waals surface area contributed by atoms with Crippen LogP contribution in [-0.2, 0) is 19.4 Å². The van der Waals surface area contributed by atoms with Crippen LogP contribution in [0.5, 0.6) is 0 Å². The molecule has 2 rings (SSSR count). The number of nitrogens with two attached hydrogens (primary N) is 1. The van der Waals surface area contributed by atoms with Gasteiger partial charge in [0.1, 0.15) is 0 Å². The summed E-state index contributed by atoms with van der Waals surface area (Å²) < 4.78 is 2.11. The van der Waals surface area contributed by atoms with Gasteiger partial charge in [-0.25, -0.2) is 0 Å². The Balaban J connectivity index is 2.07. The van der Waals surface area contributed by atoms with Gasteiger partial charge in [-0.3, -0.25) is 16.0 Å². The van der Waals surface area contributed by atoms with Crippen LogP contribution in [0.4, 0.5) is 0 Å². The third-order valence-electron chi connectivity index (χ3n) is 3.94. The summed E-state index contributed by atoms with van der Waals surface area (Å²) >= 11 is 0. The first-order valence-electron chi connectivity index (χ1n) is 6.80. The maximum Gasteiger partial charge on any atom is 0.0624 e. The summed E-state index contributed by atoms with van der Waals surface area (Å²) in [6.45, 7) is 5.23. The molecule has 96 valence electrons. The van der Waals surface area contributed by atoms with Crippen molar-refractivity contribution in [2.75, 3.05) is 0 Å². The lowest BCUT2D eigenvalue weighted by atomic mass is 9.78. The predicted octanol–water partition coefficient (Wildman–Crippen LogP) is 1.64. The monoisotopic (exact) mass is 236 g/mol. The highest BCUT2D eigenvalue weighted by atomic mass is 15.3. The summed E-state index contributed by atoms with van der Waals surface area (Å²) in [4.78, 5) is 0. The van der Waals surface area contributed by atoms with E-state index in [9.17, 15) is 0 Å². The second-order valence-corrected chi connectivity index (χ2v) is 4.96. The van der Waals surface area contributed by atoms with Crippen LogP contribution in [0.3, 0.4) is 0 Å². The van der Waals surface area contributed by atoms with E-state index in [4.69, 9.17) is 5.84 Å². The number of aryl methyl sites for hydroxylation is 2. The Hall–Kier alpha value is -0.870. The van der Waals surface area contributed by atoms with Gasteiger partial charge in [-0.05, 0) is 38.2 Å². The molecule has 1 atom stereocenters. The number of hydrogen-bond donors (Lipinski definition) is 2. The Morgan fingerprint density at radius 2 is 2.29 bits per heavy atom. The molecule has 0 amide bonds. The number of hydrogen-bond acceptors (Lipinski definition) is 3. The molecule has 1 heterocycles. The first-order valence-corrected chi connectivity index (χ1v) is 6.80. The van der Waals surface area contributed by atoms with Crippen molar-refractivity contribution >= 4 is 0 Å². The van der Waals surface area contributed by atoms with Crippen molar-refractivity contribution in [3.63, 3.8) is 0 Å². The van der Waals surface area contributed by atoms with Crippen molar-refractivity contribution < 1.29 is 0 Å². The molecule has 1 saturated carbocycles. The van der Waals surface area contributed by atoms with E-state index < -0.39 is 0 Å². The van der Waals surface area contributed by atoms with Crippen LogP contribution in [-0.4, -0.2) is 15.8 Å². The lowest BCUT2D eigenvalue weighted by Gasteiger charge is -2.33. The predicted molar refractivity (Wildman–Crippen MR) is 69.4 cm³/mol. The van der Waals surface area contributed by atoms with E-state index in [-0.39, 0.29) is 0 Å². The van der Waals surface area contributed by atoms with E-state index in [1.165, 1.54) is 30.7 Å². The van der Waals surface area contributed by atoms with E-state index in [1.54, 1.807) is 0 Å². The van der Waals surface area contributed by atoms with Crippen LogP contribution in [0.25, 0.3) is 0 Å². The number of hydrazine groups is 1. The Morgan fingerprint density at radius 3 is 2.76 bits per heavy atom. The number of nitrogens with one attached hydrogen (secondary N) is 1. The van der Waals surface area contributed by atoms with Crippen LogP contribution in [0, 0.1) is 5.92 Å². The van der Waals surface area contributed by atoms with Crippen LogP contribution in [0.1, 0.15) is 44.5 Å². The van der Waals surface area contributed by atoms with Crippen molar-refractivity contribution in [1.82, 2.24) is 15.2 Å². The quantitative estimate of drug-likeness (QED) is 0.583. The second kappa shape index (κ2) is 5.65. The molecule has 0 radical (unpaired) electrons. The molecule has 1 aromatic heterocycles. The summed E-state index contributed by atoms with van der Waals surface area (Å²) in [7, 11) is 0. The van der Waals surface area contributed by atoms with Crippen LogP contribution in [0.15, 0.2) is 6.07 Å². The van der Waals surface area contributed by atoms with Crippen molar-refractivity contribution in [3.8, 4) is 0 Å². The van der Waals surface area contributed by atoms with Gasteiger partial charge in [0.25, 0.3) is 0 Å². The number of aromatic nitrogens is 2. The molecule has 1 aliphatic rings. The molecule has 1 aromatic rings. The second-order valence-electron chi connectivity index (χ2n) is 4.96. The fraction of sp³-hybridized carbons (Fsp3) is 0.769. The van der Waals surface area contributed by atoms with Crippen molar-refractivity contribution in [2.24, 2.45) is 11.8 Å². The van der Waals surface area contributed by atoms with Crippen LogP contribution in [0.2, 0.25) is 0 Å². The molecule has 1 aliphatic carbocycles. The normalized spacial score (nSPS) is 18.1. The standard InChI is InChI=1S/C13H24N4/c1-3-11-8-12(17(4-2)16-11)9-13(15-14)10-6-5-7-10/h8,10,13,15H,3-7,9,14H2,1-2H3. The highest BCUT2D eigenvalue weighted by Crippen LogP contribution is 2.30. The van der Waals surface area contributed by atoms with Gasteiger partial charge < -0.3 is 0 Å². The highest BCUT2D eigenvalue weighted by molar-refractivity contribution is 5.12. The van der Waals surface area contributed by atoms with Gasteiger partial charge in [0.05, 0.1) is 5.69 Å². The number of nitrogens with zero attached hydrogens (tertiary/aromatic N) is 2. The fourth-order valence-corrected chi connectivity index (χ4v) is 2.56. The van der Waals surface area contributed by atoms with Gasteiger partial charge in [-0.2, -0.15) is 5.10 Å². The summed E-state index contributed by atoms with van der Waals surface area (Å²) in [6, 6.07) is 2.64. The third-order valence-corrected chi connectivity index (χ3v) is 3.94. The van der Waals surface area contributed by atoms with Crippen molar-refractivity contribution in [2.45, 2.75) is 58.5 Å². The molecular formula is C13H24N4. The third kappa shape index (κ3) is 2.69. The minimum atomic E-state index is 0.412. The maximum atomic E-state index is 5.68. The summed E-state index contributed by atoms with van der Waals surface area (Å²) in [5, 5.41) is 4.59. The van der Waals surface area contributed by atoms with Gasteiger partial charge in [-0.1, -0.05) is 13.3 Å². The summed E-state index contributed by atoms with van der Waals surface area (Å²) in [6.07, 6.45) is 5.99. The fourth-order valence-electron chi connectivity index (χ4n) is 2.56. The van der Waals surface area contributed by atoms with Gasteiger partial charge in [0, 0.05) is 24.7 Å².